The molecule has 1 rings (SSSR count). The van der Waals surface area contributed by atoms with E-state index >= 15 is 0 Å². The van der Waals surface area contributed by atoms with Gasteiger partial charge in [-0.2, -0.15) is 0 Å². The Morgan fingerprint density at radius 2 is 2.13 bits per heavy atom. The second kappa shape index (κ2) is 7.62. The summed E-state index contributed by atoms with van der Waals surface area (Å²) in [4.78, 5) is 13.2. The van der Waals surface area contributed by atoms with Crippen LogP contribution in [0.1, 0.15) is 6.92 Å². The Kier molecular flexibility index (Phi) is 6.31. The molecule has 0 aromatic rings. The van der Waals surface area contributed by atoms with Crippen LogP contribution in [0.2, 0.25) is 0 Å². The molecule has 0 aromatic heterocycles. The first-order valence-electron chi connectivity index (χ1n) is 5.49. The van der Waals surface area contributed by atoms with Crippen LogP contribution in [0.5, 0.6) is 0 Å². The predicted molar refractivity (Wildman–Crippen MR) is 56.8 cm³/mol. The molecule has 1 N–H and O–H groups in total. The van der Waals surface area contributed by atoms with Gasteiger partial charge in [-0.1, -0.05) is 0 Å². The number of hydrogen-bond acceptors (Lipinski definition) is 5. The van der Waals surface area contributed by atoms with Gasteiger partial charge in [-0.25, -0.2) is 4.79 Å². The van der Waals surface area contributed by atoms with E-state index < -0.39 is 0 Å². The molecule has 1 heterocycles. The molecule has 0 atom stereocenters. The Hall–Kier alpha value is -0.650. The van der Waals surface area contributed by atoms with Crippen molar-refractivity contribution in [3.63, 3.8) is 0 Å². The number of carbonyl (C=O) groups excluding carboxylic acids is 1. The van der Waals surface area contributed by atoms with Crippen molar-refractivity contribution in [1.82, 2.24) is 10.2 Å². The van der Waals surface area contributed by atoms with Crippen LogP contribution in [0.15, 0.2) is 0 Å². The minimum atomic E-state index is -0.280. The van der Waals surface area contributed by atoms with E-state index in [9.17, 15) is 4.79 Å². The molecular formula is C10H20N2O3. The molecule has 5 nitrogen and oxygen atoms in total. The van der Waals surface area contributed by atoms with Gasteiger partial charge in [0.15, 0.2) is 0 Å². The lowest BCUT2D eigenvalue weighted by Crippen LogP contribution is -2.44. The topological polar surface area (TPSA) is 50.8 Å². The first-order chi connectivity index (χ1) is 7.33. The Balaban J connectivity index is 1.93. The molecule has 0 radical (unpaired) electrons. The van der Waals surface area contributed by atoms with Crippen LogP contribution in [-0.4, -0.2) is 63.4 Å². The van der Waals surface area contributed by atoms with Crippen LogP contribution in [0.4, 0.5) is 0 Å². The molecule has 5 heteroatoms. The van der Waals surface area contributed by atoms with Crippen molar-refractivity contribution >= 4 is 5.97 Å². The largest absolute Gasteiger partial charge is 0.464 e. The molecular weight excluding hydrogens is 196 g/mol. The second-order valence-electron chi connectivity index (χ2n) is 3.45. The van der Waals surface area contributed by atoms with Crippen LogP contribution in [0, 0.1) is 0 Å². The molecule has 0 saturated carbocycles. The smallest absolute Gasteiger partial charge is 0.332 e. The molecule has 1 fully saturated rings. The molecule has 0 bridgehead atoms. The molecule has 1 aliphatic rings. The highest BCUT2D eigenvalue weighted by Crippen LogP contribution is 1.91. The summed E-state index contributed by atoms with van der Waals surface area (Å²) in [6.07, 6.45) is 0. The molecule has 0 spiro atoms. The highest BCUT2D eigenvalue weighted by molar-refractivity contribution is 5.70. The average molecular weight is 216 g/mol. The zero-order valence-corrected chi connectivity index (χ0v) is 9.33. The van der Waals surface area contributed by atoms with E-state index in [1.54, 1.807) is 6.92 Å². The molecule has 0 aliphatic carbocycles. The maximum absolute atomic E-state index is 10.9. The predicted octanol–water partition coefficient (Wildman–Crippen LogP) is -0.529. The van der Waals surface area contributed by atoms with E-state index in [0.29, 0.717) is 13.2 Å². The van der Waals surface area contributed by atoms with E-state index in [1.807, 2.05) is 0 Å². The summed E-state index contributed by atoms with van der Waals surface area (Å²) in [7, 11) is 0. The number of nitrogens with one attached hydrogen (secondary N) is 1. The summed E-state index contributed by atoms with van der Waals surface area (Å²) in [5.74, 6) is -0.280. The first kappa shape index (κ1) is 12.4. The summed E-state index contributed by atoms with van der Waals surface area (Å²) in [6, 6.07) is 0. The van der Waals surface area contributed by atoms with Gasteiger partial charge in [0.1, 0.15) is 6.61 Å². The van der Waals surface area contributed by atoms with Crippen molar-refractivity contribution in [2.75, 3.05) is 52.5 Å². The summed E-state index contributed by atoms with van der Waals surface area (Å²) in [6.45, 7) is 7.96. The Bertz CT molecular complexity index is 182. The number of hydrogen-bond donors (Lipinski definition) is 1. The minimum Gasteiger partial charge on any atom is -0.464 e. The summed E-state index contributed by atoms with van der Waals surface area (Å²) in [5.41, 5.74) is 0. The number of nitrogens with zero attached hydrogens (tertiary/aromatic N) is 1. The van der Waals surface area contributed by atoms with Crippen LogP contribution in [-0.2, 0) is 14.3 Å². The van der Waals surface area contributed by atoms with Crippen molar-refractivity contribution in [3.05, 3.63) is 0 Å². The molecule has 0 unspecified atom stereocenters. The lowest BCUT2D eigenvalue weighted by molar-refractivity contribution is -0.148. The Labute approximate surface area is 90.7 Å². The fourth-order valence-electron chi connectivity index (χ4n) is 1.49. The van der Waals surface area contributed by atoms with Gasteiger partial charge < -0.3 is 14.8 Å². The summed E-state index contributed by atoms with van der Waals surface area (Å²) in [5, 5.41) is 3.28. The van der Waals surface area contributed by atoms with Gasteiger partial charge in [0.2, 0.25) is 0 Å². The zero-order valence-electron chi connectivity index (χ0n) is 9.33. The Morgan fingerprint density at radius 3 is 2.80 bits per heavy atom. The fraction of sp³-hybridized carbons (Fsp3) is 0.900. The monoisotopic (exact) mass is 216 g/mol. The number of ether oxygens (including phenoxy) is 2. The highest BCUT2D eigenvalue weighted by Gasteiger charge is 2.09. The third-order valence-electron chi connectivity index (χ3n) is 2.29. The minimum absolute atomic E-state index is 0.0694. The molecule has 1 aliphatic heterocycles. The van der Waals surface area contributed by atoms with E-state index in [-0.39, 0.29) is 12.6 Å². The lowest BCUT2D eigenvalue weighted by atomic mass is 10.4. The lowest BCUT2D eigenvalue weighted by Gasteiger charge is -2.26. The number of piperazine rings is 1. The number of rotatable bonds is 6. The van der Waals surface area contributed by atoms with Gasteiger partial charge in [-0.15, -0.1) is 0 Å². The normalized spacial score (nSPS) is 17.7. The van der Waals surface area contributed by atoms with Crippen molar-refractivity contribution < 1.29 is 14.3 Å². The highest BCUT2D eigenvalue weighted by atomic mass is 16.6. The molecule has 0 amide bonds. The Morgan fingerprint density at radius 1 is 1.40 bits per heavy atom. The summed E-state index contributed by atoms with van der Waals surface area (Å²) >= 11 is 0. The average Bonchev–Trinajstić information content (AvgIpc) is 2.26. The SMILES string of the molecule is CCOC(=O)COCCN1CCNCC1. The van der Waals surface area contributed by atoms with Crippen molar-refractivity contribution in [1.29, 1.82) is 0 Å². The quantitative estimate of drug-likeness (QED) is 0.478. The molecule has 88 valence electrons. The van der Waals surface area contributed by atoms with E-state index in [0.717, 1.165) is 32.7 Å². The molecule has 0 aromatic carbocycles. The molecule has 1 saturated heterocycles. The van der Waals surface area contributed by atoms with Crippen molar-refractivity contribution in [2.24, 2.45) is 0 Å². The third-order valence-corrected chi connectivity index (χ3v) is 2.29. The van der Waals surface area contributed by atoms with Crippen molar-refractivity contribution in [3.8, 4) is 0 Å². The van der Waals surface area contributed by atoms with Gasteiger partial charge in [0, 0.05) is 32.7 Å². The van der Waals surface area contributed by atoms with E-state index in [2.05, 4.69) is 10.2 Å². The van der Waals surface area contributed by atoms with Crippen molar-refractivity contribution in [2.45, 2.75) is 6.92 Å². The van der Waals surface area contributed by atoms with Crippen LogP contribution in [0.3, 0.4) is 0 Å². The zero-order chi connectivity index (χ0) is 10.9. The number of esters is 1. The third kappa shape index (κ3) is 5.71. The van der Waals surface area contributed by atoms with Gasteiger partial charge >= 0.3 is 5.97 Å². The van der Waals surface area contributed by atoms with Crippen LogP contribution < -0.4 is 5.32 Å². The van der Waals surface area contributed by atoms with Gasteiger partial charge in [-0.05, 0) is 6.92 Å². The van der Waals surface area contributed by atoms with Crippen LogP contribution in [0.25, 0.3) is 0 Å². The maximum atomic E-state index is 10.9. The van der Waals surface area contributed by atoms with Gasteiger partial charge in [-0.3, -0.25) is 4.90 Å². The number of carbonyl (C=O) groups is 1. The summed E-state index contributed by atoms with van der Waals surface area (Å²) < 4.78 is 9.96. The standard InChI is InChI=1S/C10H20N2O3/c1-2-15-10(13)9-14-8-7-12-5-3-11-4-6-12/h11H,2-9H2,1H3. The fourth-order valence-corrected chi connectivity index (χ4v) is 1.49. The molecule has 15 heavy (non-hydrogen) atoms. The van der Waals surface area contributed by atoms with Gasteiger partial charge in [0.05, 0.1) is 13.2 Å². The van der Waals surface area contributed by atoms with Crippen LogP contribution >= 0.6 is 0 Å². The second-order valence-corrected chi connectivity index (χ2v) is 3.45. The van der Waals surface area contributed by atoms with E-state index in [1.165, 1.54) is 0 Å². The van der Waals surface area contributed by atoms with E-state index in [4.69, 9.17) is 9.47 Å². The first-order valence-corrected chi connectivity index (χ1v) is 5.49. The maximum Gasteiger partial charge on any atom is 0.332 e. The van der Waals surface area contributed by atoms with Gasteiger partial charge in [0.25, 0.3) is 0 Å².